The number of hydrogen-bond donors (Lipinski definition) is 0. The van der Waals surface area contributed by atoms with Gasteiger partial charge < -0.3 is 4.90 Å². The van der Waals surface area contributed by atoms with Crippen molar-refractivity contribution >= 4 is 23.3 Å². The number of nitrogens with zero attached hydrogens (tertiary/aromatic N) is 3. The lowest BCUT2D eigenvalue weighted by Gasteiger charge is -2.31. The highest BCUT2D eigenvalue weighted by Crippen LogP contribution is 2.35. The maximum absolute atomic E-state index is 12.5. The van der Waals surface area contributed by atoms with Crippen LogP contribution in [0.5, 0.6) is 0 Å². The number of carbonyl (C=O) groups is 1. The Bertz CT molecular complexity index is 611. The van der Waals surface area contributed by atoms with E-state index in [9.17, 15) is 4.79 Å². The van der Waals surface area contributed by atoms with Gasteiger partial charge in [0.2, 0.25) is 5.91 Å². The van der Waals surface area contributed by atoms with Crippen molar-refractivity contribution in [2.45, 2.75) is 31.4 Å². The summed E-state index contributed by atoms with van der Waals surface area (Å²) in [5.41, 5.74) is 1.63. The van der Waals surface area contributed by atoms with Gasteiger partial charge in [-0.25, -0.2) is 4.99 Å². The molecule has 1 aromatic carbocycles. The smallest absolute Gasteiger partial charge is 0.233 e. The summed E-state index contributed by atoms with van der Waals surface area (Å²) in [6.45, 7) is 2.08. The van der Waals surface area contributed by atoms with Gasteiger partial charge in [-0.15, -0.1) is 0 Å². The molecule has 2 unspecified atom stereocenters. The van der Waals surface area contributed by atoms with E-state index in [0.29, 0.717) is 6.42 Å². The fourth-order valence-electron chi connectivity index (χ4n) is 2.91. The fourth-order valence-corrected chi connectivity index (χ4v) is 3.06. The van der Waals surface area contributed by atoms with E-state index >= 15 is 0 Å². The van der Waals surface area contributed by atoms with Crippen LogP contribution in [0.25, 0.3) is 0 Å². The predicted octanol–water partition coefficient (Wildman–Crippen LogP) is 3.12. The molecule has 0 aliphatic carbocycles. The van der Waals surface area contributed by atoms with Crippen molar-refractivity contribution < 1.29 is 4.79 Å². The van der Waals surface area contributed by atoms with Crippen molar-refractivity contribution in [2.75, 3.05) is 7.05 Å². The van der Waals surface area contributed by atoms with Gasteiger partial charge in [0, 0.05) is 18.8 Å². The number of aliphatic imine (C=N–C) groups is 1. The van der Waals surface area contributed by atoms with E-state index in [1.165, 1.54) is 0 Å². The van der Waals surface area contributed by atoms with Crippen molar-refractivity contribution in [2.24, 2.45) is 4.99 Å². The molecule has 0 saturated carbocycles. The zero-order valence-electron chi connectivity index (χ0n) is 12.2. The van der Waals surface area contributed by atoms with E-state index in [4.69, 9.17) is 11.6 Å². The van der Waals surface area contributed by atoms with Gasteiger partial charge in [-0.3, -0.25) is 9.69 Å². The molecule has 1 saturated heterocycles. The van der Waals surface area contributed by atoms with Crippen molar-refractivity contribution in [3.63, 3.8) is 0 Å². The first-order valence-corrected chi connectivity index (χ1v) is 7.57. The van der Waals surface area contributed by atoms with Gasteiger partial charge in [0.05, 0.1) is 12.5 Å². The molecule has 0 N–H and O–H groups in total. The summed E-state index contributed by atoms with van der Waals surface area (Å²) in [7, 11) is 1.87. The lowest BCUT2D eigenvalue weighted by atomic mass is 10.0. The van der Waals surface area contributed by atoms with Crippen LogP contribution in [0, 0.1) is 0 Å². The van der Waals surface area contributed by atoms with Gasteiger partial charge in [-0.05, 0) is 12.0 Å². The van der Waals surface area contributed by atoms with Gasteiger partial charge in [-0.2, -0.15) is 0 Å². The molecule has 4 nitrogen and oxygen atoms in total. The molecule has 2 atom stereocenters. The maximum atomic E-state index is 12.5. The molecule has 2 aliphatic rings. The molecule has 0 spiro atoms. The minimum atomic E-state index is -0.453. The van der Waals surface area contributed by atoms with Gasteiger partial charge >= 0.3 is 0 Å². The normalized spacial score (nSPS) is 22.8. The summed E-state index contributed by atoms with van der Waals surface area (Å²) in [6, 6.07) is 10.1. The summed E-state index contributed by atoms with van der Waals surface area (Å²) in [5.74, 6) is 0.823. The predicted molar refractivity (Wildman–Crippen MR) is 83.9 cm³/mol. The standard InChI is InChI=1S/C16H18ClN3O/c1-3-13(11-7-5-4-6-8-11)20-14(21)9-12-10-19(2)16(17)18-15(12)20/h4-8,10,13,16H,3,9H2,1-2H3. The Kier molecular flexibility index (Phi) is 3.72. The zero-order valence-corrected chi connectivity index (χ0v) is 12.9. The highest BCUT2D eigenvalue weighted by molar-refractivity contribution is 6.23. The number of likely N-dealkylation sites (tertiary alicyclic amines) is 1. The number of fused-ring (bicyclic) bond motifs is 1. The van der Waals surface area contributed by atoms with Gasteiger partial charge in [0.1, 0.15) is 5.84 Å². The Morgan fingerprint density at radius 3 is 2.76 bits per heavy atom. The Hall–Kier alpha value is -1.81. The Balaban J connectivity index is 1.99. The monoisotopic (exact) mass is 303 g/mol. The molecular formula is C16H18ClN3O. The van der Waals surface area contributed by atoms with E-state index in [1.807, 2.05) is 41.2 Å². The van der Waals surface area contributed by atoms with E-state index < -0.39 is 5.62 Å². The first-order valence-electron chi connectivity index (χ1n) is 7.13. The third kappa shape index (κ3) is 2.44. The third-order valence-electron chi connectivity index (χ3n) is 3.93. The largest absolute Gasteiger partial charge is 0.346 e. The molecule has 110 valence electrons. The molecule has 0 aromatic heterocycles. The number of amidine groups is 1. The Labute approximate surface area is 129 Å². The third-order valence-corrected chi connectivity index (χ3v) is 4.34. The summed E-state index contributed by atoms with van der Waals surface area (Å²) < 4.78 is 0. The number of carbonyl (C=O) groups excluding carboxylic acids is 1. The molecule has 21 heavy (non-hydrogen) atoms. The second-order valence-electron chi connectivity index (χ2n) is 5.36. The lowest BCUT2D eigenvalue weighted by molar-refractivity contribution is -0.127. The van der Waals surface area contributed by atoms with E-state index in [2.05, 4.69) is 24.0 Å². The number of halogens is 1. The summed E-state index contributed by atoms with van der Waals surface area (Å²) in [4.78, 5) is 20.6. The van der Waals surface area contributed by atoms with Gasteiger partial charge in [-0.1, -0.05) is 48.9 Å². The molecule has 0 bridgehead atoms. The fraction of sp³-hybridized carbons (Fsp3) is 0.375. The molecule has 0 radical (unpaired) electrons. The van der Waals surface area contributed by atoms with Crippen molar-refractivity contribution in [3.05, 3.63) is 47.7 Å². The minimum Gasteiger partial charge on any atom is -0.346 e. The zero-order chi connectivity index (χ0) is 15.0. The molecule has 1 fully saturated rings. The van der Waals surface area contributed by atoms with Crippen molar-refractivity contribution in [3.8, 4) is 0 Å². The molecule has 2 aliphatic heterocycles. The SMILES string of the molecule is CCC(c1ccccc1)N1C(=O)CC2=CN(C)C(Cl)N=C21. The van der Waals surface area contributed by atoms with Gasteiger partial charge in [0.25, 0.3) is 0 Å². The molecule has 1 amide bonds. The molecule has 1 aromatic rings. The first kappa shape index (κ1) is 14.1. The number of hydrogen-bond acceptors (Lipinski definition) is 3. The second kappa shape index (κ2) is 5.53. The molecule has 3 rings (SSSR count). The lowest BCUT2D eigenvalue weighted by Crippen LogP contribution is -2.37. The summed E-state index contributed by atoms with van der Waals surface area (Å²) >= 11 is 6.20. The van der Waals surface area contributed by atoms with Crippen LogP contribution < -0.4 is 0 Å². The average molecular weight is 304 g/mol. The van der Waals surface area contributed by atoms with E-state index in [-0.39, 0.29) is 11.9 Å². The van der Waals surface area contributed by atoms with Gasteiger partial charge in [0.15, 0.2) is 5.62 Å². The van der Waals surface area contributed by atoms with Crippen LogP contribution in [0.15, 0.2) is 47.1 Å². The number of benzene rings is 1. The number of alkyl halides is 1. The van der Waals surface area contributed by atoms with Crippen molar-refractivity contribution in [1.82, 2.24) is 9.80 Å². The Morgan fingerprint density at radius 1 is 1.38 bits per heavy atom. The second-order valence-corrected chi connectivity index (χ2v) is 5.75. The maximum Gasteiger partial charge on any atom is 0.233 e. The van der Waals surface area contributed by atoms with Crippen LogP contribution in [-0.2, 0) is 4.79 Å². The van der Waals surface area contributed by atoms with Crippen LogP contribution >= 0.6 is 11.6 Å². The summed E-state index contributed by atoms with van der Waals surface area (Å²) in [5, 5.41) is 0. The first-order chi connectivity index (χ1) is 10.1. The topological polar surface area (TPSA) is 35.9 Å². The average Bonchev–Trinajstić information content (AvgIpc) is 2.78. The van der Waals surface area contributed by atoms with Crippen LogP contribution in [0.1, 0.15) is 31.4 Å². The summed E-state index contributed by atoms with van der Waals surface area (Å²) in [6.07, 6.45) is 3.16. The number of rotatable bonds is 3. The quantitative estimate of drug-likeness (QED) is 0.635. The van der Waals surface area contributed by atoms with E-state index in [0.717, 1.165) is 23.4 Å². The Morgan fingerprint density at radius 2 is 2.10 bits per heavy atom. The van der Waals surface area contributed by atoms with Crippen LogP contribution in [0.4, 0.5) is 0 Å². The molecular weight excluding hydrogens is 286 g/mol. The highest BCUT2D eigenvalue weighted by Gasteiger charge is 2.39. The van der Waals surface area contributed by atoms with E-state index in [1.54, 1.807) is 0 Å². The molecule has 2 heterocycles. The van der Waals surface area contributed by atoms with Crippen molar-refractivity contribution in [1.29, 1.82) is 0 Å². The highest BCUT2D eigenvalue weighted by atomic mass is 35.5. The number of amides is 1. The van der Waals surface area contributed by atoms with Crippen LogP contribution in [-0.4, -0.2) is 34.2 Å². The minimum absolute atomic E-state index is 0.00984. The van der Waals surface area contributed by atoms with Crippen LogP contribution in [0.2, 0.25) is 0 Å². The molecule has 5 heteroatoms. The van der Waals surface area contributed by atoms with Crippen LogP contribution in [0.3, 0.4) is 0 Å².